The first-order chi connectivity index (χ1) is 8.61. The number of piperidine rings is 1. The molecule has 1 saturated heterocycles. The normalized spacial score (nSPS) is 27.5. The first kappa shape index (κ1) is 15.3. The van der Waals surface area contributed by atoms with Crippen molar-refractivity contribution in [1.29, 1.82) is 5.26 Å². The molecule has 1 aliphatic rings. The smallest absolute Gasteiger partial charge is 0.410 e. The van der Waals surface area contributed by atoms with E-state index < -0.39 is 23.1 Å². The second-order valence-electron chi connectivity index (χ2n) is 5.98. The Bertz CT molecular complexity index is 421. The van der Waals surface area contributed by atoms with Gasteiger partial charge in [-0.15, -0.1) is 0 Å². The molecule has 2 atom stereocenters. The molecule has 1 N–H and O–H groups in total. The van der Waals surface area contributed by atoms with Crippen molar-refractivity contribution in [3.05, 3.63) is 0 Å². The number of amides is 1. The van der Waals surface area contributed by atoms with E-state index in [2.05, 4.69) is 0 Å². The molecule has 0 aromatic rings. The number of rotatable bonds is 1. The second-order valence-corrected chi connectivity index (χ2v) is 5.98. The number of nitrogens with zero attached hydrogens (tertiary/aromatic N) is 2. The average molecular weight is 268 g/mol. The Kier molecular flexibility index (Phi) is 4.09. The minimum absolute atomic E-state index is 0.123. The first-order valence-electron chi connectivity index (χ1n) is 6.25. The summed E-state index contributed by atoms with van der Waals surface area (Å²) in [6.07, 6.45) is -0.211. The lowest BCUT2D eigenvalue weighted by Crippen LogP contribution is -2.51. The number of ether oxygens (including phenoxy) is 1. The van der Waals surface area contributed by atoms with Crippen LogP contribution in [0.5, 0.6) is 0 Å². The largest absolute Gasteiger partial charge is 0.480 e. The number of hydrogen-bond acceptors (Lipinski definition) is 4. The van der Waals surface area contributed by atoms with E-state index in [1.54, 1.807) is 27.7 Å². The fourth-order valence-corrected chi connectivity index (χ4v) is 2.18. The summed E-state index contributed by atoms with van der Waals surface area (Å²) in [7, 11) is 0. The lowest BCUT2D eigenvalue weighted by Gasteiger charge is -2.40. The molecule has 6 nitrogen and oxygen atoms in total. The molecule has 19 heavy (non-hydrogen) atoms. The molecule has 106 valence electrons. The molecule has 6 heteroatoms. The zero-order valence-electron chi connectivity index (χ0n) is 11.8. The summed E-state index contributed by atoms with van der Waals surface area (Å²) in [5.41, 5.74) is -1.98. The number of carbonyl (C=O) groups is 2. The highest BCUT2D eigenvalue weighted by Crippen LogP contribution is 2.35. The molecule has 2 unspecified atom stereocenters. The van der Waals surface area contributed by atoms with Gasteiger partial charge in [0.05, 0.1) is 6.07 Å². The molecule has 1 aliphatic heterocycles. The number of carbonyl (C=O) groups excluding carboxylic acids is 1. The van der Waals surface area contributed by atoms with Gasteiger partial charge >= 0.3 is 12.1 Å². The van der Waals surface area contributed by atoms with Crippen molar-refractivity contribution < 1.29 is 19.4 Å². The van der Waals surface area contributed by atoms with Crippen LogP contribution in [0, 0.1) is 16.7 Å². The van der Waals surface area contributed by atoms with Crippen LogP contribution in [-0.4, -0.2) is 40.3 Å². The zero-order valence-corrected chi connectivity index (χ0v) is 11.8. The van der Waals surface area contributed by atoms with Crippen LogP contribution in [0.15, 0.2) is 0 Å². The SMILES string of the molecule is CC1CC(C#N)(C(=O)O)CCN1C(=O)OC(C)(C)C. The van der Waals surface area contributed by atoms with Gasteiger partial charge in [-0.1, -0.05) is 0 Å². The van der Waals surface area contributed by atoms with Crippen LogP contribution in [0.2, 0.25) is 0 Å². The highest BCUT2D eigenvalue weighted by atomic mass is 16.6. The van der Waals surface area contributed by atoms with Gasteiger partial charge in [0.2, 0.25) is 0 Å². The third-order valence-electron chi connectivity index (χ3n) is 3.21. The van der Waals surface area contributed by atoms with Gasteiger partial charge in [-0.05, 0) is 40.5 Å². The van der Waals surface area contributed by atoms with Gasteiger partial charge in [0.1, 0.15) is 5.60 Å². The standard InChI is InChI=1S/C13H20N2O4/c1-9-7-13(8-14,10(16)17)5-6-15(9)11(18)19-12(2,3)4/h9H,5-7H2,1-4H3,(H,16,17). The Morgan fingerprint density at radius 2 is 2.05 bits per heavy atom. The molecule has 1 fully saturated rings. The van der Waals surface area contributed by atoms with Crippen LogP contribution in [0.25, 0.3) is 0 Å². The van der Waals surface area contributed by atoms with Crippen LogP contribution >= 0.6 is 0 Å². The Balaban J connectivity index is 2.78. The van der Waals surface area contributed by atoms with Gasteiger partial charge in [-0.2, -0.15) is 5.26 Å². The number of hydrogen-bond donors (Lipinski definition) is 1. The van der Waals surface area contributed by atoms with E-state index in [0.29, 0.717) is 0 Å². The molecule has 1 amide bonds. The average Bonchev–Trinajstić information content (AvgIpc) is 2.25. The van der Waals surface area contributed by atoms with E-state index in [-0.39, 0.29) is 25.4 Å². The Morgan fingerprint density at radius 3 is 2.42 bits per heavy atom. The van der Waals surface area contributed by atoms with Crippen LogP contribution in [0.4, 0.5) is 4.79 Å². The van der Waals surface area contributed by atoms with Crippen molar-refractivity contribution in [2.45, 2.75) is 52.2 Å². The number of nitriles is 1. The third kappa shape index (κ3) is 3.37. The predicted molar refractivity (Wildman–Crippen MR) is 67.3 cm³/mol. The minimum atomic E-state index is -1.39. The molecule has 0 aromatic heterocycles. The second kappa shape index (κ2) is 5.08. The maximum Gasteiger partial charge on any atom is 0.410 e. The number of carboxylic acid groups (broad SMARTS) is 1. The molecule has 0 radical (unpaired) electrons. The predicted octanol–water partition coefficient (Wildman–Crippen LogP) is 2.00. The summed E-state index contributed by atoms with van der Waals surface area (Å²) in [5, 5.41) is 18.2. The summed E-state index contributed by atoms with van der Waals surface area (Å²) in [6.45, 7) is 7.27. The van der Waals surface area contributed by atoms with E-state index in [1.165, 1.54) is 4.90 Å². The minimum Gasteiger partial charge on any atom is -0.480 e. The van der Waals surface area contributed by atoms with Gasteiger partial charge in [0, 0.05) is 12.6 Å². The lowest BCUT2D eigenvalue weighted by atomic mass is 9.77. The highest BCUT2D eigenvalue weighted by Gasteiger charge is 2.46. The maximum absolute atomic E-state index is 12.0. The van der Waals surface area contributed by atoms with Crippen molar-refractivity contribution in [1.82, 2.24) is 4.90 Å². The molecular weight excluding hydrogens is 248 g/mol. The van der Waals surface area contributed by atoms with Gasteiger partial charge in [0.25, 0.3) is 0 Å². The quantitative estimate of drug-likeness (QED) is 0.785. The number of carboxylic acids is 1. The molecule has 0 bridgehead atoms. The third-order valence-corrected chi connectivity index (χ3v) is 3.21. The van der Waals surface area contributed by atoms with Crippen LogP contribution in [-0.2, 0) is 9.53 Å². The van der Waals surface area contributed by atoms with Crippen LogP contribution in [0.3, 0.4) is 0 Å². The fraction of sp³-hybridized carbons (Fsp3) is 0.769. The van der Waals surface area contributed by atoms with Gasteiger partial charge in [0.15, 0.2) is 5.41 Å². The van der Waals surface area contributed by atoms with E-state index in [4.69, 9.17) is 15.1 Å². The van der Waals surface area contributed by atoms with E-state index in [1.807, 2.05) is 6.07 Å². The van der Waals surface area contributed by atoms with E-state index in [0.717, 1.165) is 0 Å². The van der Waals surface area contributed by atoms with Crippen LogP contribution in [0.1, 0.15) is 40.5 Å². The van der Waals surface area contributed by atoms with Crippen LogP contribution < -0.4 is 0 Å². The van der Waals surface area contributed by atoms with Crippen molar-refractivity contribution in [3.8, 4) is 6.07 Å². The van der Waals surface area contributed by atoms with Crippen molar-refractivity contribution in [3.63, 3.8) is 0 Å². The first-order valence-corrected chi connectivity index (χ1v) is 6.25. The lowest BCUT2D eigenvalue weighted by molar-refractivity contribution is -0.148. The maximum atomic E-state index is 12.0. The molecule has 1 rings (SSSR count). The van der Waals surface area contributed by atoms with Crippen molar-refractivity contribution in [2.75, 3.05) is 6.54 Å². The van der Waals surface area contributed by atoms with E-state index in [9.17, 15) is 9.59 Å². The monoisotopic (exact) mass is 268 g/mol. The molecule has 1 heterocycles. The van der Waals surface area contributed by atoms with Gasteiger partial charge in [-0.25, -0.2) is 4.79 Å². The summed E-state index contributed by atoms with van der Waals surface area (Å²) in [5.74, 6) is -1.12. The summed E-state index contributed by atoms with van der Waals surface area (Å²) in [6, 6.07) is 1.54. The summed E-state index contributed by atoms with van der Waals surface area (Å²) in [4.78, 5) is 24.7. The summed E-state index contributed by atoms with van der Waals surface area (Å²) < 4.78 is 5.27. The molecule has 0 spiro atoms. The van der Waals surface area contributed by atoms with Crippen molar-refractivity contribution in [2.24, 2.45) is 5.41 Å². The molecule has 0 aliphatic carbocycles. The topological polar surface area (TPSA) is 90.6 Å². The summed E-state index contributed by atoms with van der Waals surface area (Å²) >= 11 is 0. The Morgan fingerprint density at radius 1 is 1.47 bits per heavy atom. The molecular formula is C13H20N2O4. The number of likely N-dealkylation sites (tertiary alicyclic amines) is 1. The molecule has 0 saturated carbocycles. The number of aliphatic carboxylic acids is 1. The Hall–Kier alpha value is -1.77. The van der Waals surface area contributed by atoms with E-state index >= 15 is 0 Å². The fourth-order valence-electron chi connectivity index (χ4n) is 2.18. The molecule has 0 aromatic carbocycles. The van der Waals surface area contributed by atoms with Gasteiger partial charge in [-0.3, -0.25) is 4.79 Å². The Labute approximate surface area is 112 Å². The van der Waals surface area contributed by atoms with Crippen molar-refractivity contribution >= 4 is 12.1 Å². The highest BCUT2D eigenvalue weighted by molar-refractivity contribution is 5.79. The zero-order chi connectivity index (χ0) is 14.8. The van der Waals surface area contributed by atoms with Gasteiger partial charge < -0.3 is 14.7 Å².